The first-order chi connectivity index (χ1) is 9.29. The third-order valence-corrected chi connectivity index (χ3v) is 3.30. The number of hydrogen-bond donors (Lipinski definition) is 2. The average Bonchev–Trinajstić information content (AvgIpc) is 2.86. The van der Waals surface area contributed by atoms with E-state index in [2.05, 4.69) is 46.4 Å². The minimum absolute atomic E-state index is 0. The van der Waals surface area contributed by atoms with Crippen molar-refractivity contribution in [2.45, 2.75) is 25.9 Å². The Morgan fingerprint density at radius 1 is 1.40 bits per heavy atom. The summed E-state index contributed by atoms with van der Waals surface area (Å²) >= 11 is 0. The van der Waals surface area contributed by atoms with Crippen LogP contribution in [0.15, 0.2) is 35.3 Å². The number of aliphatic hydroxyl groups excluding tert-OH is 1. The minimum atomic E-state index is -0.210. The molecular weight excluding hydrogens is 365 g/mol. The molecule has 1 fully saturated rings. The number of nitrogens with zero attached hydrogens (tertiary/aromatic N) is 2. The third-order valence-electron chi connectivity index (χ3n) is 3.30. The SMILES string of the molecule is CCNC(=NCCc1ccccc1)N1CC[C@@H](O)C1.I. The molecule has 0 aliphatic carbocycles. The van der Waals surface area contributed by atoms with Crippen LogP contribution in [0.4, 0.5) is 0 Å². The van der Waals surface area contributed by atoms with E-state index < -0.39 is 0 Å². The largest absolute Gasteiger partial charge is 0.391 e. The standard InChI is InChI=1S/C15H23N3O.HI/c1-2-16-15(18-11-9-14(19)12-18)17-10-8-13-6-4-3-5-7-13;/h3-7,14,19H,2,8-12H2,1H3,(H,16,17);1H/t14-;/m1./s1. The smallest absolute Gasteiger partial charge is 0.194 e. The summed E-state index contributed by atoms with van der Waals surface area (Å²) in [5, 5.41) is 12.9. The highest BCUT2D eigenvalue weighted by molar-refractivity contribution is 14.0. The molecule has 0 aromatic heterocycles. The van der Waals surface area contributed by atoms with Crippen molar-refractivity contribution >= 4 is 29.9 Å². The van der Waals surface area contributed by atoms with Crippen LogP contribution < -0.4 is 5.32 Å². The summed E-state index contributed by atoms with van der Waals surface area (Å²) in [6, 6.07) is 10.4. The molecule has 0 unspecified atom stereocenters. The lowest BCUT2D eigenvalue weighted by atomic mass is 10.2. The Morgan fingerprint density at radius 3 is 2.75 bits per heavy atom. The Hall–Kier alpha value is -0.820. The first-order valence-corrected chi connectivity index (χ1v) is 7.05. The van der Waals surface area contributed by atoms with Crippen LogP contribution >= 0.6 is 24.0 Å². The second-order valence-corrected chi connectivity index (χ2v) is 4.86. The van der Waals surface area contributed by atoms with E-state index in [1.165, 1.54) is 5.56 Å². The van der Waals surface area contributed by atoms with Gasteiger partial charge in [0.2, 0.25) is 0 Å². The lowest BCUT2D eigenvalue weighted by Crippen LogP contribution is -2.40. The van der Waals surface area contributed by atoms with Gasteiger partial charge < -0.3 is 15.3 Å². The van der Waals surface area contributed by atoms with E-state index in [4.69, 9.17) is 0 Å². The van der Waals surface area contributed by atoms with E-state index in [9.17, 15) is 5.11 Å². The molecule has 112 valence electrons. The van der Waals surface area contributed by atoms with Crippen LogP contribution in [0.25, 0.3) is 0 Å². The summed E-state index contributed by atoms with van der Waals surface area (Å²) in [7, 11) is 0. The number of likely N-dealkylation sites (tertiary alicyclic amines) is 1. The highest BCUT2D eigenvalue weighted by Gasteiger charge is 2.22. The predicted octanol–water partition coefficient (Wildman–Crippen LogP) is 1.88. The fourth-order valence-electron chi connectivity index (χ4n) is 2.30. The molecule has 1 aromatic rings. The lowest BCUT2D eigenvalue weighted by molar-refractivity contribution is 0.188. The second kappa shape index (κ2) is 9.18. The topological polar surface area (TPSA) is 47.9 Å². The monoisotopic (exact) mass is 389 g/mol. The van der Waals surface area contributed by atoms with Crippen LogP contribution in [0.3, 0.4) is 0 Å². The molecule has 5 heteroatoms. The molecule has 2 N–H and O–H groups in total. The fraction of sp³-hybridized carbons (Fsp3) is 0.533. The van der Waals surface area contributed by atoms with Gasteiger partial charge in [-0.05, 0) is 25.3 Å². The number of hydrogen-bond acceptors (Lipinski definition) is 2. The van der Waals surface area contributed by atoms with Gasteiger partial charge in [0.1, 0.15) is 0 Å². The van der Waals surface area contributed by atoms with Crippen LogP contribution in [0.5, 0.6) is 0 Å². The molecule has 0 bridgehead atoms. The van der Waals surface area contributed by atoms with Crippen molar-refractivity contribution in [1.29, 1.82) is 0 Å². The van der Waals surface area contributed by atoms with E-state index in [0.29, 0.717) is 6.54 Å². The molecule has 4 nitrogen and oxygen atoms in total. The van der Waals surface area contributed by atoms with Crippen LogP contribution in [0.1, 0.15) is 18.9 Å². The van der Waals surface area contributed by atoms with Gasteiger partial charge in [-0.3, -0.25) is 4.99 Å². The molecule has 20 heavy (non-hydrogen) atoms. The number of rotatable bonds is 4. The summed E-state index contributed by atoms with van der Waals surface area (Å²) in [5.41, 5.74) is 1.31. The molecule has 1 atom stereocenters. The van der Waals surface area contributed by atoms with Gasteiger partial charge in [0.15, 0.2) is 5.96 Å². The summed E-state index contributed by atoms with van der Waals surface area (Å²) in [5.74, 6) is 0.926. The first-order valence-electron chi connectivity index (χ1n) is 7.05. The van der Waals surface area contributed by atoms with Gasteiger partial charge in [-0.2, -0.15) is 0 Å². The highest BCUT2D eigenvalue weighted by atomic mass is 127. The number of aliphatic hydroxyl groups is 1. The van der Waals surface area contributed by atoms with Gasteiger partial charge in [-0.1, -0.05) is 30.3 Å². The quantitative estimate of drug-likeness (QED) is 0.470. The van der Waals surface area contributed by atoms with Crippen LogP contribution in [-0.4, -0.2) is 48.2 Å². The summed E-state index contributed by atoms with van der Waals surface area (Å²) in [4.78, 5) is 6.78. The Labute approximate surface area is 138 Å². The van der Waals surface area contributed by atoms with Crippen LogP contribution in [-0.2, 0) is 6.42 Å². The molecule has 0 amide bonds. The van der Waals surface area contributed by atoms with Crippen molar-refractivity contribution in [3.8, 4) is 0 Å². The van der Waals surface area contributed by atoms with E-state index in [1.54, 1.807) is 0 Å². The van der Waals surface area contributed by atoms with Crippen molar-refractivity contribution in [3.63, 3.8) is 0 Å². The van der Waals surface area contributed by atoms with Gasteiger partial charge in [0, 0.05) is 26.2 Å². The second-order valence-electron chi connectivity index (χ2n) is 4.86. The Bertz CT molecular complexity index is 411. The number of benzene rings is 1. The third kappa shape index (κ3) is 5.28. The lowest BCUT2D eigenvalue weighted by Gasteiger charge is -2.20. The van der Waals surface area contributed by atoms with Crippen molar-refractivity contribution in [2.75, 3.05) is 26.2 Å². The molecule has 1 aromatic carbocycles. The number of nitrogens with one attached hydrogen (secondary N) is 1. The Morgan fingerprint density at radius 2 is 2.15 bits per heavy atom. The Kier molecular flexibility index (Phi) is 7.91. The zero-order chi connectivity index (χ0) is 13.5. The number of β-amino-alcohol motifs (C(OH)–C–C–N with tert-alkyl or cyclic N) is 1. The van der Waals surface area contributed by atoms with Crippen molar-refractivity contribution in [2.24, 2.45) is 4.99 Å². The van der Waals surface area contributed by atoms with Gasteiger partial charge in [-0.15, -0.1) is 24.0 Å². The van der Waals surface area contributed by atoms with Gasteiger partial charge in [0.05, 0.1) is 6.10 Å². The number of halogens is 1. The zero-order valence-corrected chi connectivity index (χ0v) is 14.3. The van der Waals surface area contributed by atoms with Crippen LogP contribution in [0.2, 0.25) is 0 Å². The fourth-order valence-corrected chi connectivity index (χ4v) is 2.30. The minimum Gasteiger partial charge on any atom is -0.391 e. The molecular formula is C15H24IN3O. The maximum atomic E-state index is 9.60. The molecule has 1 heterocycles. The molecule has 1 aliphatic heterocycles. The maximum Gasteiger partial charge on any atom is 0.194 e. The van der Waals surface area contributed by atoms with E-state index in [1.807, 2.05) is 6.07 Å². The summed E-state index contributed by atoms with van der Waals surface area (Å²) in [6.45, 7) is 5.28. The normalized spacial score (nSPS) is 18.8. The molecule has 0 spiro atoms. The van der Waals surface area contributed by atoms with E-state index in [0.717, 1.165) is 38.4 Å². The highest BCUT2D eigenvalue weighted by Crippen LogP contribution is 2.09. The first kappa shape index (κ1) is 17.2. The van der Waals surface area contributed by atoms with E-state index >= 15 is 0 Å². The number of aliphatic imine (C=N–C) groups is 1. The molecule has 0 radical (unpaired) electrons. The molecule has 1 aliphatic rings. The van der Waals surface area contributed by atoms with Crippen LogP contribution in [0, 0.1) is 0 Å². The van der Waals surface area contributed by atoms with E-state index in [-0.39, 0.29) is 30.1 Å². The molecule has 2 rings (SSSR count). The van der Waals surface area contributed by atoms with Gasteiger partial charge in [0.25, 0.3) is 0 Å². The zero-order valence-electron chi connectivity index (χ0n) is 12.0. The van der Waals surface area contributed by atoms with Crippen molar-refractivity contribution in [1.82, 2.24) is 10.2 Å². The Balaban J connectivity index is 0.00000200. The van der Waals surface area contributed by atoms with Gasteiger partial charge in [-0.25, -0.2) is 0 Å². The predicted molar refractivity (Wildman–Crippen MR) is 93.7 cm³/mol. The van der Waals surface area contributed by atoms with Gasteiger partial charge >= 0.3 is 0 Å². The summed E-state index contributed by atoms with van der Waals surface area (Å²) in [6.07, 6.45) is 1.58. The maximum absolute atomic E-state index is 9.60. The number of guanidine groups is 1. The molecule has 1 saturated heterocycles. The van der Waals surface area contributed by atoms with Crippen molar-refractivity contribution in [3.05, 3.63) is 35.9 Å². The molecule has 0 saturated carbocycles. The summed E-state index contributed by atoms with van der Waals surface area (Å²) < 4.78 is 0. The van der Waals surface area contributed by atoms with Crippen molar-refractivity contribution < 1.29 is 5.11 Å². The average molecular weight is 389 g/mol.